The van der Waals surface area contributed by atoms with Gasteiger partial charge in [-0.05, 0) is 35.9 Å². The molecule has 0 fully saturated rings. The number of alkyl halides is 6. The highest BCUT2D eigenvalue weighted by molar-refractivity contribution is 5.91. The van der Waals surface area contributed by atoms with Crippen molar-refractivity contribution in [2.45, 2.75) is 12.4 Å². The fourth-order valence-corrected chi connectivity index (χ4v) is 1.94. The lowest BCUT2D eigenvalue weighted by Crippen LogP contribution is -2.15. The lowest BCUT2D eigenvalue weighted by molar-refractivity contribution is -0.143. The van der Waals surface area contributed by atoms with E-state index in [-0.39, 0.29) is 11.8 Å². The van der Waals surface area contributed by atoms with Crippen molar-refractivity contribution in [3.05, 3.63) is 71.3 Å². The third kappa shape index (κ3) is 4.62. The van der Waals surface area contributed by atoms with Crippen LogP contribution in [0.15, 0.2) is 49.0 Å². The Labute approximate surface area is 138 Å². The fraction of sp³-hybridized carbons (Fsp3) is 0.118. The predicted molar refractivity (Wildman–Crippen MR) is 77.9 cm³/mol. The van der Waals surface area contributed by atoms with Crippen molar-refractivity contribution in [3.63, 3.8) is 0 Å². The summed E-state index contributed by atoms with van der Waals surface area (Å²) in [6.07, 6.45) is -8.65. The van der Waals surface area contributed by atoms with Crippen LogP contribution in [0.4, 0.5) is 26.3 Å². The van der Waals surface area contributed by atoms with Gasteiger partial charge < -0.3 is 4.74 Å². The molecule has 0 spiro atoms. The smallest absolute Gasteiger partial charge is 0.416 e. The second kappa shape index (κ2) is 6.62. The van der Waals surface area contributed by atoms with Gasteiger partial charge in [0.25, 0.3) is 0 Å². The summed E-state index contributed by atoms with van der Waals surface area (Å²) < 4.78 is 81.6. The Balaban J connectivity index is 2.42. The molecule has 2 rings (SSSR count). The molecule has 132 valence electrons. The van der Waals surface area contributed by atoms with Gasteiger partial charge in [0.15, 0.2) is 0 Å². The van der Waals surface area contributed by atoms with E-state index in [0.29, 0.717) is 17.7 Å². The Morgan fingerprint density at radius 2 is 1.48 bits per heavy atom. The molecule has 0 heterocycles. The van der Waals surface area contributed by atoms with Crippen molar-refractivity contribution < 1.29 is 35.9 Å². The number of hydrogen-bond acceptors (Lipinski definition) is 2. The molecular formula is C17H10F6O2. The van der Waals surface area contributed by atoms with E-state index in [4.69, 9.17) is 4.74 Å². The van der Waals surface area contributed by atoms with Gasteiger partial charge in [-0.15, -0.1) is 0 Å². The summed E-state index contributed by atoms with van der Waals surface area (Å²) in [5.74, 6) is -1.37. The van der Waals surface area contributed by atoms with E-state index in [1.807, 2.05) is 0 Å². The summed E-state index contributed by atoms with van der Waals surface area (Å²) in [5, 5.41) is 0. The van der Waals surface area contributed by atoms with Gasteiger partial charge in [-0.3, -0.25) is 0 Å². The number of hydrogen-bond donors (Lipinski definition) is 0. The molecule has 0 aliphatic heterocycles. The lowest BCUT2D eigenvalue weighted by Gasteiger charge is -2.14. The van der Waals surface area contributed by atoms with Gasteiger partial charge in [-0.2, -0.15) is 26.3 Å². The molecule has 0 aliphatic rings. The van der Waals surface area contributed by atoms with Gasteiger partial charge in [0.1, 0.15) is 5.75 Å². The average Bonchev–Trinajstić information content (AvgIpc) is 2.53. The van der Waals surface area contributed by atoms with Crippen molar-refractivity contribution in [1.82, 2.24) is 0 Å². The van der Waals surface area contributed by atoms with E-state index in [1.54, 1.807) is 6.07 Å². The Kier molecular flexibility index (Phi) is 4.92. The molecule has 0 aliphatic carbocycles. The van der Waals surface area contributed by atoms with Crippen molar-refractivity contribution in [3.8, 4) is 5.75 Å². The summed E-state index contributed by atoms with van der Waals surface area (Å²) in [6.45, 7) is 3.50. The maximum atomic E-state index is 12.8. The third-order valence-electron chi connectivity index (χ3n) is 3.13. The molecule has 0 atom stereocenters. The van der Waals surface area contributed by atoms with Crippen LogP contribution < -0.4 is 4.74 Å². The number of esters is 1. The zero-order chi connectivity index (χ0) is 18.8. The number of halogens is 6. The van der Waals surface area contributed by atoms with E-state index in [0.717, 1.165) is 0 Å². The third-order valence-corrected chi connectivity index (χ3v) is 3.13. The van der Waals surface area contributed by atoms with Crippen LogP contribution in [0.1, 0.15) is 27.0 Å². The molecular weight excluding hydrogens is 350 g/mol. The summed E-state index contributed by atoms with van der Waals surface area (Å²) in [7, 11) is 0. The van der Waals surface area contributed by atoms with Crippen molar-refractivity contribution >= 4 is 12.0 Å². The van der Waals surface area contributed by atoms with Crippen LogP contribution in [0.25, 0.3) is 6.08 Å². The summed E-state index contributed by atoms with van der Waals surface area (Å²) in [5.41, 5.74) is -3.47. The lowest BCUT2D eigenvalue weighted by atomic mass is 10.0. The number of rotatable bonds is 3. The number of carbonyl (C=O) groups excluding carboxylic acids is 1. The van der Waals surface area contributed by atoms with Crippen LogP contribution >= 0.6 is 0 Å². The zero-order valence-corrected chi connectivity index (χ0v) is 12.4. The van der Waals surface area contributed by atoms with E-state index in [2.05, 4.69) is 6.58 Å². The number of carbonyl (C=O) groups is 1. The van der Waals surface area contributed by atoms with Gasteiger partial charge in [-0.1, -0.05) is 24.8 Å². The minimum absolute atomic E-state index is 0.0339. The Morgan fingerprint density at radius 3 is 1.96 bits per heavy atom. The first-order valence-electron chi connectivity index (χ1n) is 6.75. The van der Waals surface area contributed by atoms with Gasteiger partial charge in [-0.25, -0.2) is 4.79 Å². The van der Waals surface area contributed by atoms with Gasteiger partial charge in [0.05, 0.1) is 16.7 Å². The maximum absolute atomic E-state index is 12.8. The zero-order valence-electron chi connectivity index (χ0n) is 12.4. The molecule has 0 radical (unpaired) electrons. The highest BCUT2D eigenvalue weighted by atomic mass is 19.4. The average molecular weight is 360 g/mol. The molecule has 0 bridgehead atoms. The largest absolute Gasteiger partial charge is 0.423 e. The molecule has 2 aromatic rings. The van der Waals surface area contributed by atoms with Crippen LogP contribution in [0.2, 0.25) is 0 Å². The number of benzene rings is 2. The molecule has 0 saturated carbocycles. The van der Waals surface area contributed by atoms with Gasteiger partial charge >= 0.3 is 18.3 Å². The molecule has 0 aromatic heterocycles. The maximum Gasteiger partial charge on any atom is 0.416 e. The van der Waals surface area contributed by atoms with Crippen molar-refractivity contribution in [1.29, 1.82) is 0 Å². The molecule has 8 heteroatoms. The summed E-state index contributed by atoms with van der Waals surface area (Å²) >= 11 is 0. The topological polar surface area (TPSA) is 26.3 Å². The highest BCUT2D eigenvalue weighted by Crippen LogP contribution is 2.36. The van der Waals surface area contributed by atoms with Crippen LogP contribution in [-0.4, -0.2) is 5.97 Å². The second-order valence-electron chi connectivity index (χ2n) is 4.96. The first-order chi connectivity index (χ1) is 11.5. The van der Waals surface area contributed by atoms with Crippen molar-refractivity contribution in [2.24, 2.45) is 0 Å². The monoisotopic (exact) mass is 360 g/mol. The van der Waals surface area contributed by atoms with E-state index in [9.17, 15) is 31.1 Å². The molecule has 25 heavy (non-hydrogen) atoms. The Bertz CT molecular complexity index is 773. The van der Waals surface area contributed by atoms with Gasteiger partial charge in [0.2, 0.25) is 0 Å². The molecule has 2 aromatic carbocycles. The molecule has 0 amide bonds. The van der Waals surface area contributed by atoms with Crippen LogP contribution in [0.3, 0.4) is 0 Å². The SMILES string of the molecule is C=Cc1cccc(OC(=O)c2cc(C(F)(F)F)cc(C(F)(F)F)c2)c1. The van der Waals surface area contributed by atoms with Crippen LogP contribution in [0, 0.1) is 0 Å². The second-order valence-corrected chi connectivity index (χ2v) is 4.96. The predicted octanol–water partition coefficient (Wildman–Crippen LogP) is 5.59. The molecule has 2 nitrogen and oxygen atoms in total. The standard InChI is InChI=1S/C17H10F6O2/c1-2-10-4-3-5-14(6-10)25-15(24)11-7-12(16(18,19)20)9-13(8-11)17(21,22)23/h2-9H,1H2. The minimum Gasteiger partial charge on any atom is -0.423 e. The fourth-order valence-electron chi connectivity index (χ4n) is 1.94. The molecule has 0 unspecified atom stereocenters. The highest BCUT2D eigenvalue weighted by Gasteiger charge is 2.37. The first kappa shape index (κ1) is 18.6. The van der Waals surface area contributed by atoms with Crippen LogP contribution in [-0.2, 0) is 12.4 Å². The van der Waals surface area contributed by atoms with Crippen molar-refractivity contribution in [2.75, 3.05) is 0 Å². The normalized spacial score (nSPS) is 11.9. The Hall–Kier alpha value is -2.77. The van der Waals surface area contributed by atoms with E-state index in [1.165, 1.54) is 24.3 Å². The number of ether oxygens (including phenoxy) is 1. The molecule has 0 N–H and O–H groups in total. The first-order valence-corrected chi connectivity index (χ1v) is 6.75. The van der Waals surface area contributed by atoms with E-state index >= 15 is 0 Å². The summed E-state index contributed by atoms with van der Waals surface area (Å²) in [4.78, 5) is 12.0. The van der Waals surface area contributed by atoms with Gasteiger partial charge in [0, 0.05) is 0 Å². The minimum atomic E-state index is -5.04. The Morgan fingerprint density at radius 1 is 0.920 bits per heavy atom. The van der Waals surface area contributed by atoms with E-state index < -0.39 is 35.0 Å². The quantitative estimate of drug-likeness (QED) is 0.405. The summed E-state index contributed by atoms with van der Waals surface area (Å²) in [6, 6.07) is 6.38. The van der Waals surface area contributed by atoms with Crippen LogP contribution in [0.5, 0.6) is 5.75 Å². The molecule has 0 saturated heterocycles.